The van der Waals surface area contributed by atoms with Gasteiger partial charge in [-0.25, -0.2) is 4.57 Å². The summed E-state index contributed by atoms with van der Waals surface area (Å²) in [5, 5.41) is 16.8. The smallest absolute Gasteiger partial charge is 0.394 e. The first kappa shape index (κ1) is 14.6. The maximum atomic E-state index is 11.7. The van der Waals surface area contributed by atoms with Gasteiger partial charge in [0.15, 0.2) is 0 Å². The van der Waals surface area contributed by atoms with Crippen LogP contribution in [0.4, 0.5) is 0 Å². The highest BCUT2D eigenvalue weighted by Crippen LogP contribution is 2.49. The molecule has 0 spiro atoms. The highest BCUT2D eigenvalue weighted by Gasteiger charge is 2.25. The van der Waals surface area contributed by atoms with Crippen molar-refractivity contribution in [2.24, 2.45) is 0 Å². The summed E-state index contributed by atoms with van der Waals surface area (Å²) < 4.78 is 26.3. The predicted octanol–water partition coefficient (Wildman–Crippen LogP) is 1.46. The molecule has 0 saturated carbocycles. The normalized spacial score (nSPS) is 14.5. The first-order chi connectivity index (χ1) is 7.18. The molecular weight excluding hydrogens is 221 g/mol. The van der Waals surface area contributed by atoms with Crippen LogP contribution in [0.3, 0.4) is 0 Å². The van der Waals surface area contributed by atoms with E-state index in [2.05, 4.69) is 0 Å². The Morgan fingerprint density at radius 1 is 1.27 bits per heavy atom. The second kappa shape index (κ2) is 8.84. The van der Waals surface area contributed by atoms with E-state index >= 15 is 0 Å². The number of hydrogen-bond donors (Lipinski definition) is 1. The van der Waals surface area contributed by atoms with E-state index in [0.717, 1.165) is 0 Å². The third-order valence-electron chi connectivity index (χ3n) is 1.26. The topological polar surface area (TPSA) is 88.8 Å². The predicted molar refractivity (Wildman–Crippen MR) is 53.1 cm³/mol. The van der Waals surface area contributed by atoms with Crippen molar-refractivity contribution in [1.82, 2.24) is 0 Å². The van der Waals surface area contributed by atoms with E-state index in [0.29, 0.717) is 6.42 Å². The van der Waals surface area contributed by atoms with Crippen LogP contribution >= 0.6 is 7.82 Å². The number of nitriles is 1. The molecule has 0 radical (unpaired) electrons. The lowest BCUT2D eigenvalue weighted by Gasteiger charge is -2.16. The minimum absolute atomic E-state index is 0.0110. The molecule has 88 valence electrons. The van der Waals surface area contributed by atoms with Gasteiger partial charge in [-0.2, -0.15) is 5.26 Å². The average Bonchev–Trinajstić information content (AvgIpc) is 2.24. The Labute approximate surface area is 89.4 Å². The van der Waals surface area contributed by atoms with E-state index in [1.807, 2.05) is 13.0 Å². The van der Waals surface area contributed by atoms with Gasteiger partial charge >= 0.3 is 7.82 Å². The Hall–Kier alpha value is -0.440. The summed E-state index contributed by atoms with van der Waals surface area (Å²) in [6, 6.07) is 1.85. The van der Waals surface area contributed by atoms with E-state index in [1.165, 1.54) is 0 Å². The highest BCUT2D eigenvalue weighted by atomic mass is 31.2. The Morgan fingerprint density at radius 3 is 2.40 bits per heavy atom. The van der Waals surface area contributed by atoms with Crippen molar-refractivity contribution < 1.29 is 23.2 Å². The zero-order valence-corrected chi connectivity index (χ0v) is 9.61. The van der Waals surface area contributed by atoms with Crippen LogP contribution in [0.15, 0.2) is 0 Å². The summed E-state index contributed by atoms with van der Waals surface area (Å²) in [7, 11) is -3.59. The fraction of sp³-hybridized carbons (Fsp3) is 0.875. The molecule has 0 amide bonds. The van der Waals surface area contributed by atoms with E-state index in [1.54, 1.807) is 0 Å². The molecule has 6 nitrogen and oxygen atoms in total. The highest BCUT2D eigenvalue weighted by molar-refractivity contribution is 7.48. The van der Waals surface area contributed by atoms with Crippen molar-refractivity contribution in [1.29, 1.82) is 5.26 Å². The molecule has 0 heterocycles. The lowest BCUT2D eigenvalue weighted by molar-refractivity contribution is 0.0972. The summed E-state index contributed by atoms with van der Waals surface area (Å²) in [5.41, 5.74) is 0. The Kier molecular flexibility index (Phi) is 8.58. The molecule has 1 N–H and O–H groups in total. The monoisotopic (exact) mass is 237 g/mol. The minimum Gasteiger partial charge on any atom is -0.394 e. The van der Waals surface area contributed by atoms with E-state index in [9.17, 15) is 4.57 Å². The van der Waals surface area contributed by atoms with Gasteiger partial charge in [0.05, 0.1) is 38.9 Å². The van der Waals surface area contributed by atoms with Crippen molar-refractivity contribution in [2.75, 3.05) is 26.4 Å². The van der Waals surface area contributed by atoms with Gasteiger partial charge in [-0.05, 0) is 6.42 Å². The number of aliphatic hydroxyl groups is 1. The Balaban J connectivity index is 4.03. The molecule has 0 aromatic carbocycles. The maximum absolute atomic E-state index is 11.7. The van der Waals surface area contributed by atoms with Crippen LogP contribution in [0.5, 0.6) is 0 Å². The van der Waals surface area contributed by atoms with E-state index in [4.69, 9.17) is 23.9 Å². The van der Waals surface area contributed by atoms with Crippen LogP contribution in [-0.4, -0.2) is 31.5 Å². The minimum atomic E-state index is -3.59. The third kappa shape index (κ3) is 7.48. The van der Waals surface area contributed by atoms with Crippen molar-refractivity contribution in [3.63, 3.8) is 0 Å². The number of phosphoric ester groups is 1. The van der Waals surface area contributed by atoms with Gasteiger partial charge in [0.25, 0.3) is 0 Å². The summed E-state index contributed by atoms with van der Waals surface area (Å²) in [4.78, 5) is 0. The van der Waals surface area contributed by atoms with Crippen LogP contribution in [0.25, 0.3) is 0 Å². The Bertz CT molecular complexity index is 228. The summed E-state index contributed by atoms with van der Waals surface area (Å²) in [5.74, 6) is 0. The summed E-state index contributed by atoms with van der Waals surface area (Å²) in [6.45, 7) is 1.71. The van der Waals surface area contributed by atoms with Gasteiger partial charge in [0, 0.05) is 0 Å². The molecule has 0 aliphatic rings. The summed E-state index contributed by atoms with van der Waals surface area (Å²) in [6.07, 6.45) is 0.788. The first-order valence-electron chi connectivity index (χ1n) is 4.70. The van der Waals surface area contributed by atoms with Crippen molar-refractivity contribution in [3.05, 3.63) is 0 Å². The molecule has 15 heavy (non-hydrogen) atoms. The van der Waals surface area contributed by atoms with E-state index in [-0.39, 0.29) is 32.8 Å². The second-order valence-corrected chi connectivity index (χ2v) is 4.25. The third-order valence-corrected chi connectivity index (χ3v) is 2.75. The van der Waals surface area contributed by atoms with Crippen molar-refractivity contribution >= 4 is 7.82 Å². The molecule has 0 aliphatic heterocycles. The summed E-state index contributed by atoms with van der Waals surface area (Å²) >= 11 is 0. The molecule has 1 unspecified atom stereocenters. The molecule has 0 fully saturated rings. The molecule has 0 bridgehead atoms. The molecule has 0 aliphatic carbocycles. The largest absolute Gasteiger partial charge is 0.474 e. The number of phosphoric acid groups is 1. The zero-order valence-electron chi connectivity index (χ0n) is 8.72. The van der Waals surface area contributed by atoms with Crippen LogP contribution in [0.1, 0.15) is 19.8 Å². The lowest BCUT2D eigenvalue weighted by atomic mass is 10.5. The van der Waals surface area contributed by atoms with Gasteiger partial charge in [-0.15, -0.1) is 0 Å². The van der Waals surface area contributed by atoms with Crippen LogP contribution in [-0.2, 0) is 18.1 Å². The number of nitrogens with zero attached hydrogens (tertiary/aromatic N) is 1. The molecule has 0 aromatic heterocycles. The van der Waals surface area contributed by atoms with Gasteiger partial charge in [0.2, 0.25) is 0 Å². The molecular formula is C8H16NO5P. The zero-order chi connectivity index (χ0) is 11.6. The SMILES string of the molecule is CCCOP(=O)(OCCO)OCCC#N. The van der Waals surface area contributed by atoms with Crippen molar-refractivity contribution in [2.45, 2.75) is 19.8 Å². The lowest BCUT2D eigenvalue weighted by Crippen LogP contribution is -2.05. The molecule has 1 atom stereocenters. The quantitative estimate of drug-likeness (QED) is 0.482. The standard InChI is InChI=1S/C8H16NO5P/c1-2-6-12-15(11,14-8-5-10)13-7-3-4-9/h10H,2-3,5-8H2,1H3. The first-order valence-corrected chi connectivity index (χ1v) is 6.16. The fourth-order valence-electron chi connectivity index (χ4n) is 0.671. The van der Waals surface area contributed by atoms with Gasteiger partial charge < -0.3 is 5.11 Å². The molecule has 0 saturated heterocycles. The molecule has 0 rings (SSSR count). The van der Waals surface area contributed by atoms with Crippen molar-refractivity contribution in [3.8, 4) is 6.07 Å². The van der Waals surface area contributed by atoms with Crippen LogP contribution in [0.2, 0.25) is 0 Å². The van der Waals surface area contributed by atoms with Gasteiger partial charge in [-0.3, -0.25) is 13.6 Å². The Morgan fingerprint density at radius 2 is 1.87 bits per heavy atom. The molecule has 0 aromatic rings. The maximum Gasteiger partial charge on any atom is 0.474 e. The van der Waals surface area contributed by atoms with E-state index < -0.39 is 7.82 Å². The number of aliphatic hydroxyl groups excluding tert-OH is 1. The van der Waals surface area contributed by atoms with Crippen LogP contribution < -0.4 is 0 Å². The number of rotatable bonds is 9. The fourth-order valence-corrected chi connectivity index (χ4v) is 1.92. The van der Waals surface area contributed by atoms with Crippen LogP contribution in [0, 0.1) is 11.3 Å². The number of hydrogen-bond acceptors (Lipinski definition) is 6. The average molecular weight is 237 g/mol. The second-order valence-electron chi connectivity index (χ2n) is 2.58. The van der Waals surface area contributed by atoms with Gasteiger partial charge in [-0.1, -0.05) is 6.92 Å². The van der Waals surface area contributed by atoms with Gasteiger partial charge in [0.1, 0.15) is 0 Å². The molecule has 7 heteroatoms.